The van der Waals surface area contributed by atoms with Gasteiger partial charge in [-0.15, -0.1) is 10.2 Å². The molecule has 5 heterocycles. The van der Waals surface area contributed by atoms with Gasteiger partial charge in [0.1, 0.15) is 6.10 Å². The van der Waals surface area contributed by atoms with Gasteiger partial charge in [0.15, 0.2) is 0 Å². The van der Waals surface area contributed by atoms with Gasteiger partial charge in [-0.05, 0) is 57.0 Å². The number of aromatic nitrogens is 4. The van der Waals surface area contributed by atoms with Crippen LogP contribution in [-0.2, 0) is 9.59 Å². The van der Waals surface area contributed by atoms with Crippen molar-refractivity contribution in [3.8, 4) is 17.1 Å². The Morgan fingerprint density at radius 3 is 2.39 bits per heavy atom. The average molecular weight is 451 g/mol. The first-order chi connectivity index (χ1) is 15.9. The van der Waals surface area contributed by atoms with Crippen molar-refractivity contribution in [3.05, 3.63) is 48.2 Å². The van der Waals surface area contributed by atoms with E-state index in [0.717, 1.165) is 34.4 Å². The summed E-state index contributed by atoms with van der Waals surface area (Å²) < 4.78 is 6.13. The van der Waals surface area contributed by atoms with Gasteiger partial charge >= 0.3 is 11.9 Å². The maximum atomic E-state index is 9.55. The molecule has 6 rings (SSSR count). The highest BCUT2D eigenvalue weighted by molar-refractivity contribution is 5.89. The zero-order valence-electron chi connectivity index (χ0n) is 18.1. The first-order valence-corrected chi connectivity index (χ1v) is 10.7. The molecule has 3 aromatic rings. The molecule has 0 aliphatic carbocycles. The van der Waals surface area contributed by atoms with Gasteiger partial charge in [0.05, 0.1) is 16.9 Å². The summed E-state index contributed by atoms with van der Waals surface area (Å²) in [5, 5.41) is 32.7. The third-order valence-electron chi connectivity index (χ3n) is 5.93. The van der Waals surface area contributed by atoms with Gasteiger partial charge in [-0.25, -0.2) is 9.59 Å². The van der Waals surface area contributed by atoms with Gasteiger partial charge in [0, 0.05) is 35.7 Å². The number of piperidine rings is 3. The summed E-state index contributed by atoms with van der Waals surface area (Å²) in [4.78, 5) is 21.6. The van der Waals surface area contributed by atoms with Crippen molar-refractivity contribution in [2.24, 2.45) is 5.92 Å². The van der Waals surface area contributed by atoms with Crippen molar-refractivity contribution in [3.63, 3.8) is 0 Å². The van der Waals surface area contributed by atoms with Gasteiger partial charge in [-0.2, -0.15) is 5.10 Å². The quantitative estimate of drug-likeness (QED) is 0.499. The number of aromatic amines is 1. The van der Waals surface area contributed by atoms with Crippen LogP contribution < -0.4 is 4.74 Å². The van der Waals surface area contributed by atoms with E-state index in [9.17, 15) is 9.59 Å². The lowest BCUT2D eigenvalue weighted by atomic mass is 9.86. The predicted molar refractivity (Wildman–Crippen MR) is 120 cm³/mol. The van der Waals surface area contributed by atoms with Crippen LogP contribution in [0, 0.1) is 12.8 Å². The Morgan fingerprint density at radius 2 is 1.82 bits per heavy atom. The molecule has 2 bridgehead atoms. The highest BCUT2D eigenvalue weighted by Gasteiger charge is 2.35. The SMILES string of the molecule is Cc1n[nH]c2ccc(-c3ccc(O[C@H]4CN5CCC4CC5)nn3)cc12.O=C(O)/C=C/C(=O)O. The van der Waals surface area contributed by atoms with Crippen LogP contribution in [0.4, 0.5) is 0 Å². The molecule has 3 fully saturated rings. The molecular formula is C23H25N5O5. The topological polar surface area (TPSA) is 142 Å². The second-order valence-electron chi connectivity index (χ2n) is 8.13. The highest BCUT2D eigenvalue weighted by atomic mass is 16.5. The van der Waals surface area contributed by atoms with Gasteiger partial charge in [-0.3, -0.25) is 10.00 Å². The molecule has 3 aliphatic rings. The standard InChI is InChI=1S/C19H21N5O.C4H4O4/c1-12-15-10-14(2-3-17(15)22-20-12)16-4-5-19(23-21-16)25-18-11-24-8-6-13(18)7-9-24;5-3(6)1-2-4(7)8/h2-5,10,13,18H,6-9,11H2,1H3,(H,20,22);1-2H,(H,5,6)(H,7,8)/b;2-1+/t18-;/m0./s1. The molecule has 2 aromatic heterocycles. The van der Waals surface area contributed by atoms with Crippen LogP contribution in [0.25, 0.3) is 22.2 Å². The zero-order chi connectivity index (χ0) is 23.4. The van der Waals surface area contributed by atoms with E-state index in [1.165, 1.54) is 25.9 Å². The van der Waals surface area contributed by atoms with Crippen LogP contribution in [-0.4, -0.2) is 73.2 Å². The van der Waals surface area contributed by atoms with E-state index in [1.54, 1.807) is 0 Å². The Morgan fingerprint density at radius 1 is 1.09 bits per heavy atom. The molecule has 0 radical (unpaired) electrons. The molecule has 0 spiro atoms. The van der Waals surface area contributed by atoms with Crippen molar-refractivity contribution in [2.45, 2.75) is 25.9 Å². The second kappa shape index (κ2) is 9.78. The Bertz CT molecular complexity index is 1150. The summed E-state index contributed by atoms with van der Waals surface area (Å²) in [6.45, 7) is 5.44. The molecule has 0 amide bonds. The summed E-state index contributed by atoms with van der Waals surface area (Å²) >= 11 is 0. The molecular weight excluding hydrogens is 426 g/mol. The number of carbonyl (C=O) groups is 2. The number of carboxylic acids is 2. The number of nitrogens with zero attached hydrogens (tertiary/aromatic N) is 4. The Kier molecular flexibility index (Phi) is 6.64. The number of rotatable bonds is 5. The highest BCUT2D eigenvalue weighted by Crippen LogP contribution is 2.30. The first-order valence-electron chi connectivity index (χ1n) is 10.7. The fraction of sp³-hybridized carbons (Fsp3) is 0.348. The molecule has 10 heteroatoms. The molecule has 1 atom stereocenters. The molecule has 10 nitrogen and oxygen atoms in total. The summed E-state index contributed by atoms with van der Waals surface area (Å²) in [7, 11) is 0. The maximum Gasteiger partial charge on any atom is 0.328 e. The molecule has 0 saturated carbocycles. The molecule has 33 heavy (non-hydrogen) atoms. The normalized spacial score (nSPS) is 21.5. The van der Waals surface area contributed by atoms with Crippen molar-refractivity contribution in [1.29, 1.82) is 0 Å². The lowest BCUT2D eigenvalue weighted by Gasteiger charge is -2.44. The number of hydrogen-bond donors (Lipinski definition) is 3. The molecule has 172 valence electrons. The fourth-order valence-corrected chi connectivity index (χ4v) is 4.18. The number of carboxylic acid groups (broad SMARTS) is 2. The van der Waals surface area contributed by atoms with Crippen LogP contribution in [0.3, 0.4) is 0 Å². The van der Waals surface area contributed by atoms with Crippen LogP contribution in [0.2, 0.25) is 0 Å². The van der Waals surface area contributed by atoms with Crippen LogP contribution in [0.15, 0.2) is 42.5 Å². The number of hydrogen-bond acceptors (Lipinski definition) is 7. The predicted octanol–water partition coefficient (Wildman–Crippen LogP) is 2.51. The minimum absolute atomic E-state index is 0.257. The Hall–Kier alpha value is -3.79. The van der Waals surface area contributed by atoms with E-state index in [1.807, 2.05) is 31.2 Å². The summed E-state index contributed by atoms with van der Waals surface area (Å²) in [5.41, 5.74) is 3.92. The van der Waals surface area contributed by atoms with E-state index in [-0.39, 0.29) is 6.10 Å². The van der Waals surface area contributed by atoms with Crippen LogP contribution in [0.1, 0.15) is 18.5 Å². The number of ether oxygens (including phenoxy) is 1. The Balaban J connectivity index is 0.000000281. The minimum Gasteiger partial charge on any atom is -0.478 e. The van der Waals surface area contributed by atoms with E-state index in [2.05, 4.69) is 31.4 Å². The number of aliphatic carboxylic acids is 2. The third kappa shape index (κ3) is 5.53. The van der Waals surface area contributed by atoms with E-state index in [0.29, 0.717) is 23.9 Å². The molecule has 3 saturated heterocycles. The van der Waals surface area contributed by atoms with E-state index >= 15 is 0 Å². The van der Waals surface area contributed by atoms with Gasteiger partial charge in [-0.1, -0.05) is 6.07 Å². The summed E-state index contributed by atoms with van der Waals surface area (Å²) in [6, 6.07) is 10.1. The van der Waals surface area contributed by atoms with E-state index in [4.69, 9.17) is 14.9 Å². The first kappa shape index (κ1) is 22.4. The number of fused-ring (bicyclic) bond motifs is 4. The fourth-order valence-electron chi connectivity index (χ4n) is 4.18. The number of aryl methyl sites for hydroxylation is 1. The average Bonchev–Trinajstić information content (AvgIpc) is 3.19. The Labute approximate surface area is 189 Å². The third-order valence-corrected chi connectivity index (χ3v) is 5.93. The van der Waals surface area contributed by atoms with Crippen molar-refractivity contribution in [1.82, 2.24) is 25.3 Å². The monoisotopic (exact) mass is 451 g/mol. The molecule has 0 unspecified atom stereocenters. The maximum absolute atomic E-state index is 9.55. The van der Waals surface area contributed by atoms with Crippen LogP contribution >= 0.6 is 0 Å². The number of nitrogens with one attached hydrogen (secondary N) is 1. The lowest BCUT2D eigenvalue weighted by molar-refractivity contribution is -0.134. The van der Waals surface area contributed by atoms with Crippen LogP contribution in [0.5, 0.6) is 5.88 Å². The second-order valence-corrected chi connectivity index (χ2v) is 8.13. The van der Waals surface area contributed by atoms with Gasteiger partial charge < -0.3 is 14.9 Å². The van der Waals surface area contributed by atoms with Gasteiger partial charge in [0.25, 0.3) is 0 Å². The smallest absolute Gasteiger partial charge is 0.328 e. The number of benzene rings is 1. The van der Waals surface area contributed by atoms with E-state index < -0.39 is 11.9 Å². The minimum atomic E-state index is -1.26. The lowest BCUT2D eigenvalue weighted by Crippen LogP contribution is -2.52. The summed E-state index contributed by atoms with van der Waals surface area (Å²) in [5.74, 6) is -1.22. The largest absolute Gasteiger partial charge is 0.478 e. The van der Waals surface area contributed by atoms with Gasteiger partial charge in [0.2, 0.25) is 5.88 Å². The zero-order valence-corrected chi connectivity index (χ0v) is 18.1. The summed E-state index contributed by atoms with van der Waals surface area (Å²) in [6.07, 6.45) is 3.85. The molecule has 3 N–H and O–H groups in total. The number of H-pyrrole nitrogens is 1. The molecule has 3 aliphatic heterocycles. The van der Waals surface area contributed by atoms with Crippen molar-refractivity contribution < 1.29 is 24.5 Å². The molecule has 1 aromatic carbocycles. The van der Waals surface area contributed by atoms with Crippen molar-refractivity contribution >= 4 is 22.8 Å². The van der Waals surface area contributed by atoms with Crippen molar-refractivity contribution in [2.75, 3.05) is 19.6 Å².